The average Bonchev–Trinajstić information content (AvgIpc) is 2.04. The molecule has 0 amide bonds. The van der Waals surface area contributed by atoms with Crippen molar-refractivity contribution in [3.05, 3.63) is 0 Å². The Hall–Kier alpha value is 0.0249. The smallest absolute Gasteiger partial charge is 0.140 e. The van der Waals surface area contributed by atoms with Gasteiger partial charge in [-0.25, -0.2) is 0 Å². The third kappa shape index (κ3) is 4.17. The lowest BCUT2D eigenvalue weighted by atomic mass is 9.44. The van der Waals surface area contributed by atoms with Crippen molar-refractivity contribution in [1.29, 1.82) is 0 Å². The van der Waals surface area contributed by atoms with Crippen molar-refractivity contribution in [1.82, 2.24) is 0 Å². The highest BCUT2D eigenvalue weighted by Gasteiger charge is 2.30. The van der Waals surface area contributed by atoms with E-state index >= 15 is 0 Å². The highest BCUT2D eigenvalue weighted by molar-refractivity contribution is 6.42. The highest BCUT2D eigenvalue weighted by atomic mass is 14.6. The zero-order valence-electron chi connectivity index (χ0n) is 10.1. The van der Waals surface area contributed by atoms with Crippen LogP contribution in [0, 0.1) is 5.41 Å². The van der Waals surface area contributed by atoms with Crippen LogP contribution in [0.2, 0.25) is 5.31 Å². The summed E-state index contributed by atoms with van der Waals surface area (Å²) in [6, 6.07) is 0. The Morgan fingerprint density at radius 1 is 1.08 bits per heavy atom. The molecule has 0 rings (SSSR count). The first-order valence-corrected chi connectivity index (χ1v) is 5.37. The second-order valence-electron chi connectivity index (χ2n) is 5.38. The summed E-state index contributed by atoms with van der Waals surface area (Å²) in [5, 5.41) is 0.270. The SMILES string of the molecule is CCC(C)(C)[B]C(N)C(C)(C)CC. The van der Waals surface area contributed by atoms with Gasteiger partial charge in [0.25, 0.3) is 0 Å². The molecule has 0 aromatic carbocycles. The topological polar surface area (TPSA) is 26.0 Å². The molecule has 0 aliphatic heterocycles. The third-order valence-electron chi connectivity index (χ3n) is 3.36. The molecule has 1 atom stereocenters. The summed E-state index contributed by atoms with van der Waals surface area (Å²) >= 11 is 0. The lowest BCUT2D eigenvalue weighted by Gasteiger charge is -2.35. The van der Waals surface area contributed by atoms with E-state index in [0.717, 1.165) is 12.8 Å². The lowest BCUT2D eigenvalue weighted by molar-refractivity contribution is 0.328. The van der Waals surface area contributed by atoms with E-state index in [0.29, 0.717) is 0 Å². The molecule has 13 heavy (non-hydrogen) atoms. The summed E-state index contributed by atoms with van der Waals surface area (Å²) in [7, 11) is 2.30. The Bertz CT molecular complexity index is 152. The van der Waals surface area contributed by atoms with Crippen molar-refractivity contribution in [3.8, 4) is 0 Å². The van der Waals surface area contributed by atoms with Crippen molar-refractivity contribution in [2.45, 2.75) is 65.6 Å². The fourth-order valence-electron chi connectivity index (χ4n) is 1.07. The minimum atomic E-state index is 0.201. The second kappa shape index (κ2) is 4.50. The first kappa shape index (κ1) is 13.0. The molecule has 0 spiro atoms. The van der Waals surface area contributed by atoms with Crippen molar-refractivity contribution < 1.29 is 0 Å². The Labute approximate surface area is 84.7 Å². The largest absolute Gasteiger partial charge is 0.335 e. The monoisotopic (exact) mass is 182 g/mol. The summed E-state index contributed by atoms with van der Waals surface area (Å²) in [5.41, 5.74) is 6.40. The Kier molecular flexibility index (Phi) is 4.51. The van der Waals surface area contributed by atoms with Crippen LogP contribution < -0.4 is 5.73 Å². The van der Waals surface area contributed by atoms with E-state index in [2.05, 4.69) is 48.8 Å². The molecule has 0 aromatic heterocycles. The predicted molar refractivity (Wildman–Crippen MR) is 62.1 cm³/mol. The number of rotatable bonds is 5. The van der Waals surface area contributed by atoms with Gasteiger partial charge in [-0.3, -0.25) is 0 Å². The zero-order chi connectivity index (χ0) is 10.7. The molecular weight excluding hydrogens is 157 g/mol. The van der Waals surface area contributed by atoms with Crippen molar-refractivity contribution in [3.63, 3.8) is 0 Å². The highest BCUT2D eigenvalue weighted by Crippen LogP contribution is 2.32. The Morgan fingerprint density at radius 2 is 1.54 bits per heavy atom. The normalized spacial score (nSPS) is 15.6. The van der Waals surface area contributed by atoms with Gasteiger partial charge in [-0.2, -0.15) is 0 Å². The van der Waals surface area contributed by atoms with Crippen LogP contribution in [-0.4, -0.2) is 13.2 Å². The molecule has 0 fully saturated rings. The van der Waals surface area contributed by atoms with Crippen molar-refractivity contribution >= 4 is 7.28 Å². The van der Waals surface area contributed by atoms with E-state index in [1.807, 2.05) is 0 Å². The fourth-order valence-corrected chi connectivity index (χ4v) is 1.07. The molecule has 1 nitrogen and oxygen atoms in total. The van der Waals surface area contributed by atoms with Crippen LogP contribution in [0.15, 0.2) is 0 Å². The number of nitrogens with two attached hydrogens (primary N) is 1. The van der Waals surface area contributed by atoms with Gasteiger partial charge in [-0.05, 0) is 11.4 Å². The Morgan fingerprint density at radius 3 is 1.85 bits per heavy atom. The molecule has 0 aliphatic carbocycles. The predicted octanol–water partition coefficient (Wildman–Crippen LogP) is 3.02. The molecule has 0 aromatic rings. The molecule has 0 heterocycles. The van der Waals surface area contributed by atoms with Crippen LogP contribution in [-0.2, 0) is 0 Å². The summed E-state index contributed by atoms with van der Waals surface area (Å²) in [5.74, 6) is 0.201. The first-order chi connectivity index (χ1) is 5.75. The zero-order valence-corrected chi connectivity index (χ0v) is 10.1. The van der Waals surface area contributed by atoms with Crippen molar-refractivity contribution in [2.24, 2.45) is 11.1 Å². The molecule has 0 saturated carbocycles. The van der Waals surface area contributed by atoms with E-state index < -0.39 is 0 Å². The van der Waals surface area contributed by atoms with Crippen LogP contribution >= 0.6 is 0 Å². The van der Waals surface area contributed by atoms with Crippen molar-refractivity contribution in [2.75, 3.05) is 0 Å². The average molecular weight is 182 g/mol. The van der Waals surface area contributed by atoms with Gasteiger partial charge in [0, 0.05) is 0 Å². The number of hydrogen-bond donors (Lipinski definition) is 1. The molecule has 0 aliphatic rings. The van der Waals surface area contributed by atoms with Gasteiger partial charge in [-0.1, -0.05) is 59.7 Å². The molecule has 0 saturated heterocycles. The molecule has 1 unspecified atom stereocenters. The third-order valence-corrected chi connectivity index (χ3v) is 3.36. The van der Waals surface area contributed by atoms with Gasteiger partial charge in [0.2, 0.25) is 0 Å². The maximum Gasteiger partial charge on any atom is 0.140 e. The van der Waals surface area contributed by atoms with Gasteiger partial charge >= 0.3 is 0 Å². The fraction of sp³-hybridized carbons (Fsp3) is 1.00. The van der Waals surface area contributed by atoms with Gasteiger partial charge in [-0.15, -0.1) is 0 Å². The quantitative estimate of drug-likeness (QED) is 0.650. The summed E-state index contributed by atoms with van der Waals surface area (Å²) in [6.45, 7) is 13.4. The molecular formula is C11H25BN. The van der Waals surface area contributed by atoms with E-state index in [-0.39, 0.29) is 16.7 Å². The minimum absolute atomic E-state index is 0.201. The molecule has 2 heteroatoms. The maximum atomic E-state index is 6.17. The van der Waals surface area contributed by atoms with Gasteiger partial charge in [0.1, 0.15) is 7.28 Å². The van der Waals surface area contributed by atoms with Gasteiger partial charge < -0.3 is 5.73 Å². The van der Waals surface area contributed by atoms with Crippen LogP contribution in [0.1, 0.15) is 54.4 Å². The Balaban J connectivity index is 4.22. The standard InChI is InChI=1S/C11H25BN/c1-7-10(3,4)9(13)12-11(5,6)8-2/h9H,7-8,13H2,1-6H3. The second-order valence-corrected chi connectivity index (χ2v) is 5.38. The molecule has 77 valence electrons. The molecule has 0 bridgehead atoms. The van der Waals surface area contributed by atoms with Crippen LogP contribution in [0.4, 0.5) is 0 Å². The van der Waals surface area contributed by atoms with Crippen LogP contribution in [0.3, 0.4) is 0 Å². The summed E-state index contributed by atoms with van der Waals surface area (Å²) in [4.78, 5) is 0. The van der Waals surface area contributed by atoms with E-state index in [9.17, 15) is 0 Å². The van der Waals surface area contributed by atoms with Crippen LogP contribution in [0.5, 0.6) is 0 Å². The number of hydrogen-bond acceptors (Lipinski definition) is 1. The summed E-state index contributed by atoms with van der Waals surface area (Å²) in [6.07, 6.45) is 2.28. The van der Waals surface area contributed by atoms with Gasteiger partial charge in [0.15, 0.2) is 0 Å². The van der Waals surface area contributed by atoms with E-state index in [1.165, 1.54) is 0 Å². The summed E-state index contributed by atoms with van der Waals surface area (Å²) < 4.78 is 0. The minimum Gasteiger partial charge on any atom is -0.335 e. The molecule has 2 N–H and O–H groups in total. The molecule has 1 radical (unpaired) electrons. The lowest BCUT2D eigenvalue weighted by Crippen LogP contribution is -2.45. The first-order valence-electron chi connectivity index (χ1n) is 5.37. The maximum absolute atomic E-state index is 6.17. The van der Waals surface area contributed by atoms with Gasteiger partial charge in [0.05, 0.1) is 0 Å². The van der Waals surface area contributed by atoms with E-state index in [1.54, 1.807) is 0 Å². The van der Waals surface area contributed by atoms with E-state index in [4.69, 9.17) is 5.73 Å². The van der Waals surface area contributed by atoms with Crippen LogP contribution in [0.25, 0.3) is 0 Å².